The van der Waals surface area contributed by atoms with Gasteiger partial charge in [0.2, 0.25) is 6.41 Å². The van der Waals surface area contributed by atoms with Crippen molar-refractivity contribution < 1.29 is 4.79 Å². The normalized spacial score (nSPS) is 13.3. The van der Waals surface area contributed by atoms with Gasteiger partial charge in [-0.1, -0.05) is 6.07 Å². The molecule has 0 atom stereocenters. The van der Waals surface area contributed by atoms with Crippen LogP contribution in [0.5, 0.6) is 0 Å². The van der Waals surface area contributed by atoms with Crippen molar-refractivity contribution in [1.29, 1.82) is 0 Å². The largest absolute Gasteiger partial charge is 0.351 e. The number of rotatable bonds is 4. The highest BCUT2D eigenvalue weighted by Gasteiger charge is 2.21. The van der Waals surface area contributed by atoms with Gasteiger partial charge in [0.05, 0.1) is 11.7 Å². The zero-order chi connectivity index (χ0) is 19.8. The minimum atomic E-state index is 0.709. The summed E-state index contributed by atoms with van der Waals surface area (Å²) in [6.45, 7) is 3.70. The Morgan fingerprint density at radius 1 is 1.14 bits per heavy atom. The molecular formula is C22H20N6O. The number of amides is 1. The Labute approximate surface area is 167 Å². The summed E-state index contributed by atoms with van der Waals surface area (Å²) < 4.78 is 0. The molecular weight excluding hydrogens is 364 g/mol. The Balaban J connectivity index is 1.58. The monoisotopic (exact) mass is 384 g/mol. The highest BCUT2D eigenvalue weighted by molar-refractivity contribution is 5.95. The fourth-order valence-electron chi connectivity index (χ4n) is 4.06. The van der Waals surface area contributed by atoms with E-state index in [-0.39, 0.29) is 0 Å². The summed E-state index contributed by atoms with van der Waals surface area (Å²) in [4.78, 5) is 22.3. The third kappa shape index (κ3) is 3.10. The summed E-state index contributed by atoms with van der Waals surface area (Å²) in [5.41, 5.74) is 7.53. The van der Waals surface area contributed by atoms with E-state index in [1.54, 1.807) is 6.33 Å². The molecule has 0 unspecified atom stereocenters. The van der Waals surface area contributed by atoms with E-state index in [1.165, 1.54) is 11.1 Å². The molecule has 7 nitrogen and oxygen atoms in total. The molecule has 7 heteroatoms. The fraction of sp³-hybridized carbons (Fsp3) is 0.182. The summed E-state index contributed by atoms with van der Waals surface area (Å²) in [6, 6.07) is 10.4. The van der Waals surface area contributed by atoms with E-state index in [9.17, 15) is 4.79 Å². The average molecular weight is 384 g/mol. The molecule has 0 saturated carbocycles. The van der Waals surface area contributed by atoms with E-state index in [0.29, 0.717) is 6.41 Å². The molecule has 29 heavy (non-hydrogen) atoms. The van der Waals surface area contributed by atoms with Crippen LogP contribution in [0, 0.1) is 6.92 Å². The Morgan fingerprint density at radius 3 is 2.90 bits per heavy atom. The van der Waals surface area contributed by atoms with E-state index >= 15 is 0 Å². The second kappa shape index (κ2) is 7.01. The van der Waals surface area contributed by atoms with Crippen molar-refractivity contribution in [3.05, 3.63) is 65.7 Å². The highest BCUT2D eigenvalue weighted by atomic mass is 16.1. The number of H-pyrrole nitrogens is 1. The second-order valence-corrected chi connectivity index (χ2v) is 7.29. The van der Waals surface area contributed by atoms with E-state index in [1.807, 2.05) is 24.5 Å². The third-order valence-corrected chi connectivity index (χ3v) is 5.48. The molecule has 0 saturated heterocycles. The van der Waals surface area contributed by atoms with Crippen molar-refractivity contribution in [3.8, 4) is 11.1 Å². The molecule has 2 aromatic carbocycles. The predicted molar refractivity (Wildman–Crippen MR) is 113 cm³/mol. The number of aromatic nitrogens is 4. The minimum Gasteiger partial charge on any atom is -0.351 e. The van der Waals surface area contributed by atoms with E-state index in [0.717, 1.165) is 58.6 Å². The van der Waals surface area contributed by atoms with Gasteiger partial charge in [-0.2, -0.15) is 5.10 Å². The van der Waals surface area contributed by atoms with Gasteiger partial charge in [-0.05, 0) is 59.9 Å². The molecule has 5 rings (SSSR count). The molecule has 0 bridgehead atoms. The lowest BCUT2D eigenvalue weighted by Crippen LogP contribution is -2.31. The molecule has 1 aliphatic rings. The Kier molecular flexibility index (Phi) is 4.20. The first-order chi connectivity index (χ1) is 14.2. The van der Waals surface area contributed by atoms with Gasteiger partial charge in [-0.3, -0.25) is 9.89 Å². The van der Waals surface area contributed by atoms with Crippen LogP contribution in [-0.2, 0) is 17.8 Å². The first kappa shape index (κ1) is 17.4. The predicted octanol–water partition coefficient (Wildman–Crippen LogP) is 3.46. The fourth-order valence-corrected chi connectivity index (χ4v) is 4.06. The van der Waals surface area contributed by atoms with Crippen LogP contribution in [0.25, 0.3) is 22.0 Å². The maximum atomic E-state index is 10.8. The van der Waals surface area contributed by atoms with E-state index in [2.05, 4.69) is 55.5 Å². The van der Waals surface area contributed by atoms with Crippen LogP contribution >= 0.6 is 0 Å². The SMILES string of the molecule is Cc1cc(-c2cn[nH]c2)cc2c(N3CCc4ccc(NC=O)cc4C3)ncnc12. The molecule has 0 radical (unpaired) electrons. The van der Waals surface area contributed by atoms with E-state index < -0.39 is 0 Å². The van der Waals surface area contributed by atoms with Crippen molar-refractivity contribution in [2.24, 2.45) is 0 Å². The van der Waals surface area contributed by atoms with Crippen LogP contribution in [0.3, 0.4) is 0 Å². The lowest BCUT2D eigenvalue weighted by Gasteiger charge is -2.31. The Hall–Kier alpha value is -3.74. The smallest absolute Gasteiger partial charge is 0.211 e. The van der Waals surface area contributed by atoms with Gasteiger partial charge in [0.25, 0.3) is 0 Å². The third-order valence-electron chi connectivity index (χ3n) is 5.48. The van der Waals surface area contributed by atoms with Gasteiger partial charge >= 0.3 is 0 Å². The van der Waals surface area contributed by atoms with Crippen LogP contribution in [0.4, 0.5) is 11.5 Å². The molecule has 2 aromatic heterocycles. The van der Waals surface area contributed by atoms with E-state index in [4.69, 9.17) is 0 Å². The van der Waals surface area contributed by atoms with Crippen molar-refractivity contribution in [2.45, 2.75) is 19.9 Å². The Morgan fingerprint density at radius 2 is 2.07 bits per heavy atom. The number of nitrogens with zero attached hydrogens (tertiary/aromatic N) is 4. The first-order valence-electron chi connectivity index (χ1n) is 9.54. The molecule has 0 aliphatic carbocycles. The molecule has 0 spiro atoms. The number of carbonyl (C=O) groups is 1. The number of fused-ring (bicyclic) bond motifs is 2. The summed E-state index contributed by atoms with van der Waals surface area (Å²) >= 11 is 0. The maximum Gasteiger partial charge on any atom is 0.211 e. The lowest BCUT2D eigenvalue weighted by atomic mass is 9.98. The van der Waals surface area contributed by atoms with Crippen molar-refractivity contribution in [3.63, 3.8) is 0 Å². The zero-order valence-corrected chi connectivity index (χ0v) is 16.0. The molecule has 2 N–H and O–H groups in total. The quantitative estimate of drug-likeness (QED) is 0.526. The highest BCUT2D eigenvalue weighted by Crippen LogP contribution is 2.33. The summed E-state index contributed by atoms with van der Waals surface area (Å²) in [6.07, 6.45) is 7.00. The topological polar surface area (TPSA) is 86.8 Å². The second-order valence-electron chi connectivity index (χ2n) is 7.29. The summed E-state index contributed by atoms with van der Waals surface area (Å²) in [5.74, 6) is 0.933. The Bertz CT molecular complexity index is 1200. The van der Waals surface area contributed by atoms with Crippen molar-refractivity contribution in [1.82, 2.24) is 20.2 Å². The number of carbonyl (C=O) groups excluding carboxylic acids is 1. The van der Waals surface area contributed by atoms with Crippen molar-refractivity contribution >= 4 is 28.8 Å². The van der Waals surface area contributed by atoms with Gasteiger partial charge in [0.1, 0.15) is 12.1 Å². The lowest BCUT2D eigenvalue weighted by molar-refractivity contribution is -0.105. The van der Waals surface area contributed by atoms with Crippen LogP contribution in [-0.4, -0.2) is 33.1 Å². The van der Waals surface area contributed by atoms with Gasteiger partial charge in [0.15, 0.2) is 0 Å². The average Bonchev–Trinajstić information content (AvgIpc) is 3.28. The summed E-state index contributed by atoms with van der Waals surface area (Å²) in [5, 5.41) is 10.7. The number of aryl methyl sites for hydroxylation is 1. The number of anilines is 2. The standard InChI is InChI=1S/C22H20N6O/c1-14-6-16(18-9-26-27-10-18)8-20-21(14)23-12-24-22(20)28-5-4-15-2-3-19(25-13-29)7-17(15)11-28/h2-3,6-10,12-13H,4-5,11H2,1H3,(H,25,29)(H,26,27). The van der Waals surface area contributed by atoms with Crippen LogP contribution in [0.1, 0.15) is 16.7 Å². The van der Waals surface area contributed by atoms with Gasteiger partial charge in [-0.15, -0.1) is 0 Å². The summed E-state index contributed by atoms with van der Waals surface area (Å²) in [7, 11) is 0. The minimum absolute atomic E-state index is 0.709. The van der Waals surface area contributed by atoms with Crippen LogP contribution < -0.4 is 10.2 Å². The van der Waals surface area contributed by atoms with Gasteiger partial charge < -0.3 is 10.2 Å². The number of nitrogens with one attached hydrogen (secondary N) is 2. The van der Waals surface area contributed by atoms with Crippen LogP contribution in [0.2, 0.25) is 0 Å². The van der Waals surface area contributed by atoms with Gasteiger partial charge in [-0.25, -0.2) is 9.97 Å². The number of aromatic amines is 1. The first-order valence-corrected chi connectivity index (χ1v) is 9.54. The molecule has 0 fully saturated rings. The number of hydrogen-bond donors (Lipinski definition) is 2. The van der Waals surface area contributed by atoms with Crippen molar-refractivity contribution in [2.75, 3.05) is 16.8 Å². The molecule has 1 aliphatic heterocycles. The molecule has 144 valence electrons. The number of hydrogen-bond acceptors (Lipinski definition) is 5. The van der Waals surface area contributed by atoms with Gasteiger partial charge in [0, 0.05) is 35.9 Å². The molecule has 1 amide bonds. The zero-order valence-electron chi connectivity index (χ0n) is 16.0. The molecule has 4 aromatic rings. The number of benzene rings is 2. The van der Waals surface area contributed by atoms with Crippen LogP contribution in [0.15, 0.2) is 49.1 Å². The molecule has 3 heterocycles. The maximum absolute atomic E-state index is 10.8.